The number of amides is 2. The van der Waals surface area contributed by atoms with Crippen LogP contribution in [-0.4, -0.2) is 380 Å². The minimum absolute atomic E-state index is 0.823. The molecule has 0 aromatic rings. The van der Waals surface area contributed by atoms with E-state index in [9.17, 15) is 117 Å². The number of aliphatic hydroxyl groups is 21. The molecule has 38 nitrogen and oxygen atoms in total. The fourth-order valence-electron chi connectivity index (χ4n) is 10.6. The predicted octanol–water partition coefficient (Wildman–Crippen LogP) is -16.0. The van der Waals surface area contributed by atoms with Gasteiger partial charge in [0.2, 0.25) is 11.8 Å². The van der Waals surface area contributed by atoms with E-state index in [1.807, 2.05) is 0 Å². The maximum absolute atomic E-state index is 12.7. The quantitative estimate of drug-likeness (QED) is 0.0507. The molecule has 7 aliphatic rings. The number of nitrogens with one attached hydrogen (secondary N) is 2. The van der Waals surface area contributed by atoms with Crippen LogP contribution in [0.25, 0.3) is 0 Å². The van der Waals surface area contributed by atoms with E-state index in [2.05, 4.69) is 10.6 Å². The Bertz CT molecular complexity index is 2060. The van der Waals surface area contributed by atoms with Crippen LogP contribution >= 0.6 is 0 Å². The van der Waals surface area contributed by atoms with E-state index in [1.165, 1.54) is 0 Å². The van der Waals surface area contributed by atoms with E-state index >= 15 is 0 Å². The molecule has 0 bridgehead atoms. The van der Waals surface area contributed by atoms with Crippen molar-refractivity contribution in [2.24, 2.45) is 0 Å². The number of hydrogen-bond donors (Lipinski definition) is 23. The standard InChI is InChI=1S/C46H78N2O36/c1-10(54)47-19-26(61)36(81-43-32(67)28(63)21(56)12(3-49)75-43)15(6-52)78-41(19)72-8-17-24(59)31(66)39(46(80-17)73-9-18-25(60)38(35(70)40(71)74-18)83-45-34(69)30(65)23(58)14(5-51)77-45)84-42-20(48-11(2)55)27(62)37(16(7-53)79-42)82-44-33(68)29(64)22(57)13(4-50)76-44/h12-46,49-53,56-71H,3-9H2,1-2H3,(H,47,54)(H,48,55)/t12-,13-,14-,15-,16-,17-,18-,19-,20-,21+,22+,23-,24-,25-,26-,27-,28+,29+,30+,31+,32-,33-,34+,35+,36-,37-,38+,39+,40-,41-,42+,43+,44+,45-,46+/m1/s1. The molecule has 7 aliphatic heterocycles. The van der Waals surface area contributed by atoms with Crippen LogP contribution < -0.4 is 10.6 Å². The fourth-order valence-corrected chi connectivity index (χ4v) is 10.6. The molecule has 0 radical (unpaired) electrons. The Hall–Kier alpha value is -2.42. The van der Waals surface area contributed by atoms with Crippen molar-refractivity contribution in [3.05, 3.63) is 0 Å². The van der Waals surface area contributed by atoms with Crippen molar-refractivity contribution in [3.63, 3.8) is 0 Å². The second-order valence-electron chi connectivity index (χ2n) is 21.1. The first-order valence-corrected chi connectivity index (χ1v) is 26.6. The minimum atomic E-state index is -2.29. The lowest BCUT2D eigenvalue weighted by Gasteiger charge is -2.49. The SMILES string of the molecule is CC(=O)N[C@H]1[C@H](OC[C@H]2O[C@H](OC[C@H]3O[C@@H](O)[C@@H](O)[C@@H](O[C@H]4O[C@H](CO)[C@@H](O)[C@H](O)[C@@H]4O)[C@@H]3O)[C@@H](O[C@@H]3O[C@H](CO)[C@@H](O[C@@H]4O[C@H](CO)[C@H](O)[C@H](O)[C@H]4O)[C@H](O)[C@H]3NC(C)=O)[C@@H](O)[C@@H]2O)O[C@H](CO)[C@@H](O[C@@H]2O[C@H](CO)[C@H](O)[C@H](O)[C@H]2O)[C@@H]1O. The first-order valence-electron chi connectivity index (χ1n) is 26.6. The second-order valence-corrected chi connectivity index (χ2v) is 21.1. The zero-order valence-electron chi connectivity index (χ0n) is 44.7. The maximum atomic E-state index is 12.7. The van der Waals surface area contributed by atoms with E-state index in [0.29, 0.717) is 0 Å². The molecule has 7 fully saturated rings. The topological polar surface area (TPSA) is 603 Å². The smallest absolute Gasteiger partial charge is 0.217 e. The molecule has 2 amide bonds. The summed E-state index contributed by atoms with van der Waals surface area (Å²) in [7, 11) is 0. The van der Waals surface area contributed by atoms with Gasteiger partial charge in [-0.1, -0.05) is 0 Å². The Morgan fingerprint density at radius 3 is 1.04 bits per heavy atom. The summed E-state index contributed by atoms with van der Waals surface area (Å²) >= 11 is 0. The van der Waals surface area contributed by atoms with Crippen molar-refractivity contribution in [1.82, 2.24) is 10.6 Å². The number of rotatable bonds is 21. The molecule has 23 N–H and O–H groups in total. The third-order valence-corrected chi connectivity index (χ3v) is 15.3. The summed E-state index contributed by atoms with van der Waals surface area (Å²) < 4.78 is 74.4. The highest BCUT2D eigenvalue weighted by Crippen LogP contribution is 2.36. The van der Waals surface area contributed by atoms with Crippen LogP contribution in [-0.2, 0) is 71.2 Å². The van der Waals surface area contributed by atoms with Gasteiger partial charge in [-0.3, -0.25) is 9.59 Å². The molecule has 7 heterocycles. The summed E-state index contributed by atoms with van der Waals surface area (Å²) in [5, 5.41) is 229. The van der Waals surface area contributed by atoms with Crippen molar-refractivity contribution < 1.29 is 178 Å². The van der Waals surface area contributed by atoms with Crippen LogP contribution in [0.1, 0.15) is 13.8 Å². The average Bonchev–Trinajstić information content (AvgIpc) is 3.02. The lowest BCUT2D eigenvalue weighted by molar-refractivity contribution is -0.381. The Labute approximate surface area is 475 Å². The third kappa shape index (κ3) is 14.9. The Kier molecular flexibility index (Phi) is 24.6. The molecule has 0 aliphatic carbocycles. The summed E-state index contributed by atoms with van der Waals surface area (Å²) in [6.07, 6.45) is -63.8. The second kappa shape index (κ2) is 29.9. The van der Waals surface area contributed by atoms with Crippen molar-refractivity contribution >= 4 is 11.8 Å². The van der Waals surface area contributed by atoms with E-state index in [1.54, 1.807) is 0 Å². The lowest BCUT2D eigenvalue weighted by atomic mass is 9.94. The summed E-state index contributed by atoms with van der Waals surface area (Å²) in [6.45, 7) is -4.69. The van der Waals surface area contributed by atoms with Gasteiger partial charge >= 0.3 is 0 Å². The van der Waals surface area contributed by atoms with Crippen molar-refractivity contribution in [1.29, 1.82) is 0 Å². The predicted molar refractivity (Wildman–Crippen MR) is 255 cm³/mol. The Balaban J connectivity index is 1.14. The van der Waals surface area contributed by atoms with E-state index in [-0.39, 0.29) is 0 Å². The third-order valence-electron chi connectivity index (χ3n) is 15.3. The largest absolute Gasteiger partial charge is 0.394 e. The van der Waals surface area contributed by atoms with Gasteiger partial charge in [0.15, 0.2) is 44.0 Å². The number of ether oxygens (including phenoxy) is 13. The first-order chi connectivity index (χ1) is 39.7. The molecule has 35 atom stereocenters. The minimum Gasteiger partial charge on any atom is -0.394 e. The highest BCUT2D eigenvalue weighted by Gasteiger charge is 2.58. The molecular weight excluding hydrogens is 1160 g/mol. The van der Waals surface area contributed by atoms with Gasteiger partial charge in [-0.25, -0.2) is 0 Å². The summed E-state index contributed by atoms with van der Waals surface area (Å²) in [5.41, 5.74) is 0. The van der Waals surface area contributed by atoms with Gasteiger partial charge in [-0.2, -0.15) is 0 Å². The number of carbonyl (C=O) groups is 2. The molecule has 0 unspecified atom stereocenters. The van der Waals surface area contributed by atoms with Gasteiger partial charge in [0.05, 0.1) is 46.2 Å². The van der Waals surface area contributed by atoms with Crippen molar-refractivity contribution in [2.45, 2.75) is 229 Å². The molecule has 38 heteroatoms. The van der Waals surface area contributed by atoms with E-state index in [0.717, 1.165) is 13.8 Å². The highest BCUT2D eigenvalue weighted by molar-refractivity contribution is 5.73. The summed E-state index contributed by atoms with van der Waals surface area (Å²) in [5.74, 6) is -1.71. The van der Waals surface area contributed by atoms with Crippen molar-refractivity contribution in [2.75, 3.05) is 46.2 Å². The Morgan fingerprint density at radius 2 is 0.631 bits per heavy atom. The summed E-state index contributed by atoms with van der Waals surface area (Å²) in [4.78, 5) is 25.2. The van der Waals surface area contributed by atoms with Gasteiger partial charge in [0.1, 0.15) is 171 Å². The maximum Gasteiger partial charge on any atom is 0.217 e. The van der Waals surface area contributed by atoms with Gasteiger partial charge < -0.3 is 179 Å². The zero-order chi connectivity index (χ0) is 61.9. The van der Waals surface area contributed by atoms with Crippen LogP contribution in [0.4, 0.5) is 0 Å². The number of aliphatic hydroxyl groups excluding tert-OH is 21. The molecule has 0 saturated carbocycles. The number of hydrogen-bond acceptors (Lipinski definition) is 36. The lowest BCUT2D eigenvalue weighted by Crippen LogP contribution is -2.69. The molecule has 84 heavy (non-hydrogen) atoms. The van der Waals surface area contributed by atoms with E-state index in [4.69, 9.17) is 61.6 Å². The normalized spacial score (nSPS) is 50.3. The average molecular weight is 1240 g/mol. The van der Waals surface area contributed by atoms with Gasteiger partial charge in [-0.15, -0.1) is 0 Å². The molecule has 0 spiro atoms. The molecule has 488 valence electrons. The van der Waals surface area contributed by atoms with Gasteiger partial charge in [0.25, 0.3) is 0 Å². The van der Waals surface area contributed by atoms with Crippen LogP contribution in [0.5, 0.6) is 0 Å². The zero-order valence-corrected chi connectivity index (χ0v) is 44.7. The monoisotopic (exact) mass is 1230 g/mol. The van der Waals surface area contributed by atoms with Crippen LogP contribution in [0, 0.1) is 0 Å². The van der Waals surface area contributed by atoms with Gasteiger partial charge in [0, 0.05) is 13.8 Å². The number of carbonyl (C=O) groups excluding carboxylic acids is 2. The molecule has 0 aromatic carbocycles. The van der Waals surface area contributed by atoms with Crippen LogP contribution in [0.3, 0.4) is 0 Å². The Morgan fingerprint density at radius 1 is 0.310 bits per heavy atom. The highest BCUT2D eigenvalue weighted by atomic mass is 16.8. The fraction of sp³-hybridized carbons (Fsp3) is 0.957. The summed E-state index contributed by atoms with van der Waals surface area (Å²) in [6, 6.07) is -3.52. The van der Waals surface area contributed by atoms with Crippen molar-refractivity contribution in [3.8, 4) is 0 Å². The van der Waals surface area contributed by atoms with Crippen LogP contribution in [0.15, 0.2) is 0 Å². The molecule has 7 saturated heterocycles. The van der Waals surface area contributed by atoms with Crippen LogP contribution in [0.2, 0.25) is 0 Å². The van der Waals surface area contributed by atoms with Gasteiger partial charge in [-0.05, 0) is 0 Å². The molecule has 7 rings (SSSR count). The first kappa shape index (κ1) is 69.1. The molecular formula is C46H78N2O36. The molecule has 0 aromatic heterocycles. The van der Waals surface area contributed by atoms with E-state index < -0.39 is 273 Å².